The van der Waals surface area contributed by atoms with Gasteiger partial charge < -0.3 is 19.6 Å². The second-order valence-corrected chi connectivity index (χ2v) is 5.02. The Kier molecular flexibility index (Phi) is 2.62. The fraction of sp³-hybridized carbons (Fsp3) is 0.200. The molecule has 1 aromatic carbocycles. The number of fused-ring (bicyclic) bond motifs is 5. The van der Waals surface area contributed by atoms with Crippen molar-refractivity contribution in [2.45, 2.75) is 6.42 Å². The maximum atomic E-state index is 12.2. The van der Waals surface area contributed by atoms with E-state index in [0.29, 0.717) is 41.4 Å². The number of aromatic amines is 1. The third kappa shape index (κ3) is 1.68. The van der Waals surface area contributed by atoms with Crippen LogP contribution in [0.3, 0.4) is 0 Å². The molecule has 1 aliphatic heterocycles. The molecule has 0 saturated heterocycles. The van der Waals surface area contributed by atoms with Crippen LogP contribution in [0.15, 0.2) is 27.4 Å². The minimum atomic E-state index is -0.518. The van der Waals surface area contributed by atoms with E-state index < -0.39 is 5.63 Å². The molecule has 0 aliphatic carbocycles. The smallest absolute Gasteiger partial charge is 0.349 e. The summed E-state index contributed by atoms with van der Waals surface area (Å²) in [5.41, 5.74) is 7.32. The number of anilines is 1. The number of methoxy groups -OCH3 is 1. The standard InChI is InChI=1S/C15H13N3O4/c1-20-7-2-3-10-9(6-7)13-8(4-5-21-10)12-11(15(19)22-13)14(16)18-17-12/h2-3,6H,4-5H2,1H3,(H3,16,17,18). The molecule has 1 aliphatic rings. The van der Waals surface area contributed by atoms with Gasteiger partial charge in [-0.15, -0.1) is 0 Å². The van der Waals surface area contributed by atoms with Crippen LogP contribution in [0.1, 0.15) is 5.56 Å². The van der Waals surface area contributed by atoms with Crippen LogP contribution in [0, 0.1) is 0 Å². The van der Waals surface area contributed by atoms with Crippen LogP contribution in [-0.4, -0.2) is 23.9 Å². The number of nitrogens with one attached hydrogen (secondary N) is 1. The predicted molar refractivity (Wildman–Crippen MR) is 80.2 cm³/mol. The Hall–Kier alpha value is -2.96. The monoisotopic (exact) mass is 299 g/mol. The van der Waals surface area contributed by atoms with Gasteiger partial charge in [0, 0.05) is 12.0 Å². The molecular weight excluding hydrogens is 286 g/mol. The number of nitrogens with zero attached hydrogens (tertiary/aromatic N) is 1. The third-order valence-corrected chi connectivity index (χ3v) is 3.81. The largest absolute Gasteiger partial charge is 0.497 e. The first-order valence-corrected chi connectivity index (χ1v) is 6.80. The highest BCUT2D eigenvalue weighted by molar-refractivity contribution is 5.93. The molecule has 0 saturated carbocycles. The minimum absolute atomic E-state index is 0.141. The highest BCUT2D eigenvalue weighted by Crippen LogP contribution is 2.39. The number of nitrogen functional groups attached to an aromatic ring is 1. The molecule has 3 heterocycles. The van der Waals surface area contributed by atoms with Crippen molar-refractivity contribution < 1.29 is 13.9 Å². The van der Waals surface area contributed by atoms with Crippen LogP contribution in [0.25, 0.3) is 22.2 Å². The van der Waals surface area contributed by atoms with E-state index in [4.69, 9.17) is 19.6 Å². The lowest BCUT2D eigenvalue weighted by Gasteiger charge is -2.09. The zero-order valence-electron chi connectivity index (χ0n) is 11.8. The second-order valence-electron chi connectivity index (χ2n) is 5.02. The fourth-order valence-electron chi connectivity index (χ4n) is 2.76. The molecule has 112 valence electrons. The molecule has 4 rings (SSSR count). The second kappa shape index (κ2) is 4.52. The molecule has 2 aromatic heterocycles. The third-order valence-electron chi connectivity index (χ3n) is 3.81. The lowest BCUT2D eigenvalue weighted by atomic mass is 10.0. The lowest BCUT2D eigenvalue weighted by Crippen LogP contribution is -2.06. The Morgan fingerprint density at radius 2 is 2.27 bits per heavy atom. The number of hydrogen-bond donors (Lipinski definition) is 2. The molecule has 3 N–H and O–H groups in total. The normalized spacial score (nSPS) is 13.1. The summed E-state index contributed by atoms with van der Waals surface area (Å²) < 4.78 is 16.5. The first kappa shape index (κ1) is 12.8. The first-order valence-electron chi connectivity index (χ1n) is 6.80. The first-order chi connectivity index (χ1) is 10.7. The van der Waals surface area contributed by atoms with Crippen LogP contribution in [0.5, 0.6) is 11.5 Å². The Balaban J connectivity index is 2.10. The summed E-state index contributed by atoms with van der Waals surface area (Å²) in [6, 6.07) is 5.39. The molecule has 0 unspecified atom stereocenters. The number of nitrogens with two attached hydrogens (primary N) is 1. The van der Waals surface area contributed by atoms with Gasteiger partial charge in [0.2, 0.25) is 0 Å². The summed E-state index contributed by atoms with van der Waals surface area (Å²) in [4.78, 5) is 12.2. The van der Waals surface area contributed by atoms with Gasteiger partial charge in [-0.05, 0) is 18.2 Å². The van der Waals surface area contributed by atoms with Crippen molar-refractivity contribution in [3.8, 4) is 22.8 Å². The summed E-state index contributed by atoms with van der Waals surface area (Å²) in [6.07, 6.45) is 0.578. The Bertz CT molecular complexity index is 942. The SMILES string of the molecule is COc1ccc2c(c1)-c1oc(=O)c3c(N)n[nH]c3c1CCO2. The van der Waals surface area contributed by atoms with Crippen LogP contribution < -0.4 is 20.8 Å². The molecule has 7 heteroatoms. The zero-order chi connectivity index (χ0) is 15.3. The van der Waals surface area contributed by atoms with E-state index in [1.807, 2.05) is 0 Å². The van der Waals surface area contributed by atoms with Crippen molar-refractivity contribution in [1.29, 1.82) is 0 Å². The van der Waals surface area contributed by atoms with E-state index in [0.717, 1.165) is 5.56 Å². The van der Waals surface area contributed by atoms with Gasteiger partial charge in [-0.1, -0.05) is 0 Å². The van der Waals surface area contributed by atoms with Crippen LogP contribution in [0.2, 0.25) is 0 Å². The van der Waals surface area contributed by atoms with Gasteiger partial charge in [0.1, 0.15) is 22.6 Å². The quantitative estimate of drug-likeness (QED) is 0.709. The summed E-state index contributed by atoms with van der Waals surface area (Å²) >= 11 is 0. The summed E-state index contributed by atoms with van der Waals surface area (Å²) in [6.45, 7) is 0.466. The zero-order valence-corrected chi connectivity index (χ0v) is 11.8. The number of aromatic nitrogens is 2. The number of rotatable bonds is 1. The van der Waals surface area contributed by atoms with Crippen molar-refractivity contribution in [1.82, 2.24) is 10.2 Å². The average molecular weight is 299 g/mol. The fourth-order valence-corrected chi connectivity index (χ4v) is 2.76. The molecule has 0 radical (unpaired) electrons. The molecular formula is C15H13N3O4. The van der Waals surface area contributed by atoms with Crippen LogP contribution in [-0.2, 0) is 6.42 Å². The Labute approximate surface area is 124 Å². The van der Waals surface area contributed by atoms with E-state index in [1.54, 1.807) is 25.3 Å². The Morgan fingerprint density at radius 1 is 1.41 bits per heavy atom. The Morgan fingerprint density at radius 3 is 3.09 bits per heavy atom. The minimum Gasteiger partial charge on any atom is -0.497 e. The number of benzene rings is 1. The summed E-state index contributed by atoms with van der Waals surface area (Å²) in [5.74, 6) is 1.91. The maximum absolute atomic E-state index is 12.2. The molecule has 0 spiro atoms. The molecule has 0 amide bonds. The van der Waals surface area contributed by atoms with Crippen molar-refractivity contribution >= 4 is 16.7 Å². The van der Waals surface area contributed by atoms with Crippen molar-refractivity contribution in [2.75, 3.05) is 19.5 Å². The van der Waals surface area contributed by atoms with E-state index in [2.05, 4.69) is 10.2 Å². The van der Waals surface area contributed by atoms with Gasteiger partial charge in [0.15, 0.2) is 5.82 Å². The summed E-state index contributed by atoms with van der Waals surface area (Å²) in [7, 11) is 1.58. The number of ether oxygens (including phenoxy) is 2. The van der Waals surface area contributed by atoms with E-state index in [9.17, 15) is 4.79 Å². The molecule has 3 aromatic rings. The molecule has 0 atom stereocenters. The van der Waals surface area contributed by atoms with Crippen molar-refractivity contribution in [2.24, 2.45) is 0 Å². The van der Waals surface area contributed by atoms with Gasteiger partial charge in [-0.3, -0.25) is 5.10 Å². The van der Waals surface area contributed by atoms with Gasteiger partial charge in [0.05, 0.1) is 24.8 Å². The topological polar surface area (TPSA) is 103 Å². The van der Waals surface area contributed by atoms with Gasteiger partial charge in [-0.25, -0.2) is 4.79 Å². The van der Waals surface area contributed by atoms with Gasteiger partial charge in [-0.2, -0.15) is 5.10 Å². The highest BCUT2D eigenvalue weighted by Gasteiger charge is 2.24. The number of hydrogen-bond acceptors (Lipinski definition) is 6. The van der Waals surface area contributed by atoms with Crippen molar-refractivity contribution in [3.63, 3.8) is 0 Å². The van der Waals surface area contributed by atoms with E-state index in [-0.39, 0.29) is 11.2 Å². The number of H-pyrrole nitrogens is 1. The van der Waals surface area contributed by atoms with Gasteiger partial charge in [0.25, 0.3) is 0 Å². The highest BCUT2D eigenvalue weighted by atomic mass is 16.5. The van der Waals surface area contributed by atoms with Crippen LogP contribution in [0.4, 0.5) is 5.82 Å². The maximum Gasteiger partial charge on any atom is 0.349 e. The molecule has 22 heavy (non-hydrogen) atoms. The van der Waals surface area contributed by atoms with Crippen molar-refractivity contribution in [3.05, 3.63) is 34.2 Å². The predicted octanol–water partition coefficient (Wildman–Crippen LogP) is 1.71. The van der Waals surface area contributed by atoms with Crippen LogP contribution >= 0.6 is 0 Å². The van der Waals surface area contributed by atoms with Gasteiger partial charge >= 0.3 is 5.63 Å². The summed E-state index contributed by atoms with van der Waals surface area (Å²) in [5, 5.41) is 7.02. The molecule has 7 nitrogen and oxygen atoms in total. The molecule has 0 fully saturated rings. The van der Waals surface area contributed by atoms with E-state index in [1.165, 1.54) is 0 Å². The molecule has 0 bridgehead atoms. The lowest BCUT2D eigenvalue weighted by molar-refractivity contribution is 0.326. The average Bonchev–Trinajstić information content (AvgIpc) is 2.82. The van der Waals surface area contributed by atoms with E-state index >= 15 is 0 Å².